The number of fused-ring (bicyclic) bond motifs is 3. The van der Waals surface area contributed by atoms with E-state index in [1.165, 1.54) is 12.8 Å². The Bertz CT molecular complexity index is 869. The van der Waals surface area contributed by atoms with Gasteiger partial charge in [0.15, 0.2) is 0 Å². The molecule has 7 nitrogen and oxygen atoms in total. The molecule has 5 rings (SSSR count). The fourth-order valence-electron chi connectivity index (χ4n) is 5.67. The molecule has 3 unspecified atom stereocenters. The van der Waals surface area contributed by atoms with Gasteiger partial charge in [-0.25, -0.2) is 0 Å². The monoisotopic (exact) mass is 382 g/mol. The number of imide groups is 1. The Hall–Kier alpha value is -2.25. The third-order valence-electron chi connectivity index (χ3n) is 7.18. The van der Waals surface area contributed by atoms with E-state index in [2.05, 4.69) is 10.2 Å². The van der Waals surface area contributed by atoms with Gasteiger partial charge in [0.2, 0.25) is 11.8 Å². The molecule has 0 radical (unpaired) electrons. The van der Waals surface area contributed by atoms with Gasteiger partial charge in [-0.15, -0.1) is 0 Å². The Morgan fingerprint density at radius 1 is 1.21 bits per heavy atom. The van der Waals surface area contributed by atoms with Crippen LogP contribution in [0.3, 0.4) is 0 Å². The second kappa shape index (κ2) is 6.39. The van der Waals surface area contributed by atoms with Crippen molar-refractivity contribution in [1.29, 1.82) is 0 Å². The highest BCUT2D eigenvalue weighted by Gasteiger charge is 2.48. The number of rotatable bonds is 4. The van der Waals surface area contributed by atoms with Crippen molar-refractivity contribution in [2.75, 3.05) is 13.1 Å². The number of amides is 3. The Labute approximate surface area is 164 Å². The predicted molar refractivity (Wildman–Crippen MR) is 102 cm³/mol. The minimum atomic E-state index is -0.561. The summed E-state index contributed by atoms with van der Waals surface area (Å²) in [5.41, 5.74) is 9.07. The second-order valence-corrected chi connectivity index (χ2v) is 8.86. The highest BCUT2D eigenvalue weighted by Crippen LogP contribution is 2.47. The molecule has 0 spiro atoms. The van der Waals surface area contributed by atoms with Crippen molar-refractivity contribution < 1.29 is 14.4 Å². The van der Waals surface area contributed by atoms with Crippen molar-refractivity contribution >= 4 is 17.7 Å². The number of nitrogens with zero attached hydrogens (tertiary/aromatic N) is 2. The van der Waals surface area contributed by atoms with Crippen molar-refractivity contribution in [2.24, 2.45) is 11.1 Å². The van der Waals surface area contributed by atoms with Crippen LogP contribution >= 0.6 is 0 Å². The lowest BCUT2D eigenvalue weighted by molar-refractivity contribution is -0.136. The normalized spacial score (nSPS) is 32.2. The maximum absolute atomic E-state index is 13.2. The molecule has 2 saturated heterocycles. The molecule has 3 fully saturated rings. The average molecular weight is 382 g/mol. The van der Waals surface area contributed by atoms with E-state index in [-0.39, 0.29) is 29.6 Å². The molecule has 1 aromatic carbocycles. The van der Waals surface area contributed by atoms with Gasteiger partial charge in [0, 0.05) is 37.7 Å². The van der Waals surface area contributed by atoms with Crippen LogP contribution in [-0.4, -0.2) is 52.7 Å². The number of carbonyl (C=O) groups is 3. The standard InChI is InChI=1S/C21H26N4O3/c22-11-21-7-6-15(8-21)24(12-21)9-13-2-1-3-14-10-25(20(28)18(13)14)16-4-5-17(26)23-19(16)27/h1-3,15-16H,4-12,22H2,(H,23,26,27). The molecule has 3 amide bonds. The van der Waals surface area contributed by atoms with Gasteiger partial charge in [-0.1, -0.05) is 18.2 Å². The van der Waals surface area contributed by atoms with Crippen LogP contribution in [0.25, 0.3) is 0 Å². The van der Waals surface area contributed by atoms with Crippen LogP contribution in [0.15, 0.2) is 18.2 Å². The van der Waals surface area contributed by atoms with Gasteiger partial charge in [0.1, 0.15) is 6.04 Å². The summed E-state index contributed by atoms with van der Waals surface area (Å²) in [7, 11) is 0. The van der Waals surface area contributed by atoms with Crippen molar-refractivity contribution in [3.05, 3.63) is 34.9 Å². The lowest BCUT2D eigenvalue weighted by Crippen LogP contribution is -2.52. The predicted octanol–water partition coefficient (Wildman–Crippen LogP) is 0.761. The fourth-order valence-corrected chi connectivity index (χ4v) is 5.67. The van der Waals surface area contributed by atoms with Crippen molar-refractivity contribution in [2.45, 2.75) is 57.3 Å². The zero-order chi connectivity index (χ0) is 19.5. The topological polar surface area (TPSA) is 95.7 Å². The first-order chi connectivity index (χ1) is 13.5. The SMILES string of the molecule is NCC12CCC(C1)N(Cc1cccc3c1C(=O)N(C1CCC(=O)NC1=O)C3)C2. The van der Waals surface area contributed by atoms with E-state index in [1.807, 2.05) is 18.2 Å². The molecular weight excluding hydrogens is 356 g/mol. The molecule has 4 aliphatic rings. The molecule has 7 heteroatoms. The highest BCUT2D eigenvalue weighted by atomic mass is 16.2. The molecule has 2 bridgehead atoms. The molecule has 148 valence electrons. The quantitative estimate of drug-likeness (QED) is 0.750. The number of hydrogen-bond acceptors (Lipinski definition) is 5. The lowest BCUT2D eigenvalue weighted by atomic mass is 9.87. The van der Waals surface area contributed by atoms with E-state index in [4.69, 9.17) is 5.73 Å². The zero-order valence-corrected chi connectivity index (χ0v) is 15.9. The summed E-state index contributed by atoms with van der Waals surface area (Å²) in [5, 5.41) is 2.36. The molecule has 3 heterocycles. The molecule has 0 aromatic heterocycles. The highest BCUT2D eigenvalue weighted by molar-refractivity contribution is 6.05. The van der Waals surface area contributed by atoms with Crippen LogP contribution in [-0.2, 0) is 22.7 Å². The third-order valence-corrected chi connectivity index (χ3v) is 7.18. The van der Waals surface area contributed by atoms with Crippen LogP contribution in [0, 0.1) is 5.41 Å². The van der Waals surface area contributed by atoms with E-state index >= 15 is 0 Å². The van der Waals surface area contributed by atoms with E-state index in [0.29, 0.717) is 19.0 Å². The first-order valence-corrected chi connectivity index (χ1v) is 10.2. The Morgan fingerprint density at radius 3 is 2.82 bits per heavy atom. The van der Waals surface area contributed by atoms with E-state index < -0.39 is 6.04 Å². The van der Waals surface area contributed by atoms with Crippen molar-refractivity contribution in [1.82, 2.24) is 15.1 Å². The summed E-state index contributed by atoms with van der Waals surface area (Å²) >= 11 is 0. The largest absolute Gasteiger partial charge is 0.330 e. The van der Waals surface area contributed by atoms with E-state index in [9.17, 15) is 14.4 Å². The van der Waals surface area contributed by atoms with Gasteiger partial charge in [-0.3, -0.25) is 24.6 Å². The van der Waals surface area contributed by atoms with Gasteiger partial charge < -0.3 is 10.6 Å². The summed E-state index contributed by atoms with van der Waals surface area (Å²) in [6, 6.07) is 6.00. The maximum atomic E-state index is 13.2. The van der Waals surface area contributed by atoms with Crippen molar-refractivity contribution in [3.63, 3.8) is 0 Å². The van der Waals surface area contributed by atoms with E-state index in [1.54, 1.807) is 4.90 Å². The molecule has 3 N–H and O–H groups in total. The van der Waals surface area contributed by atoms with Crippen LogP contribution in [0.1, 0.15) is 53.6 Å². The van der Waals surface area contributed by atoms with Crippen LogP contribution in [0.5, 0.6) is 0 Å². The summed E-state index contributed by atoms with van der Waals surface area (Å²) in [6.07, 6.45) is 4.23. The van der Waals surface area contributed by atoms with Gasteiger partial charge in [0.05, 0.1) is 0 Å². The molecule has 1 aliphatic carbocycles. The molecule has 28 heavy (non-hydrogen) atoms. The molecule has 3 atom stereocenters. The minimum Gasteiger partial charge on any atom is -0.330 e. The number of likely N-dealkylation sites (tertiary alicyclic amines) is 1. The summed E-state index contributed by atoms with van der Waals surface area (Å²) < 4.78 is 0. The van der Waals surface area contributed by atoms with Gasteiger partial charge in [0.25, 0.3) is 5.91 Å². The van der Waals surface area contributed by atoms with Crippen LogP contribution in [0.4, 0.5) is 0 Å². The number of carbonyl (C=O) groups excluding carboxylic acids is 3. The van der Waals surface area contributed by atoms with Crippen LogP contribution in [0.2, 0.25) is 0 Å². The third kappa shape index (κ3) is 2.68. The maximum Gasteiger partial charge on any atom is 0.255 e. The number of hydrogen-bond donors (Lipinski definition) is 2. The number of nitrogens with one attached hydrogen (secondary N) is 1. The molecule has 3 aliphatic heterocycles. The molecule has 1 saturated carbocycles. The Kier molecular flexibility index (Phi) is 4.07. The summed E-state index contributed by atoms with van der Waals surface area (Å²) in [5.74, 6) is -0.706. The van der Waals surface area contributed by atoms with Crippen LogP contribution < -0.4 is 11.1 Å². The number of nitrogens with two attached hydrogens (primary N) is 1. The van der Waals surface area contributed by atoms with Gasteiger partial charge >= 0.3 is 0 Å². The first kappa shape index (κ1) is 17.8. The number of piperidine rings is 2. The van der Waals surface area contributed by atoms with Crippen molar-refractivity contribution in [3.8, 4) is 0 Å². The first-order valence-electron chi connectivity index (χ1n) is 10.2. The smallest absolute Gasteiger partial charge is 0.255 e. The second-order valence-electron chi connectivity index (χ2n) is 8.86. The van der Waals surface area contributed by atoms with E-state index in [0.717, 1.165) is 42.7 Å². The average Bonchev–Trinajstić information content (AvgIpc) is 3.35. The minimum absolute atomic E-state index is 0.0852. The Balaban J connectivity index is 1.38. The zero-order valence-electron chi connectivity index (χ0n) is 15.9. The van der Waals surface area contributed by atoms with Gasteiger partial charge in [-0.05, 0) is 48.8 Å². The van der Waals surface area contributed by atoms with Gasteiger partial charge in [-0.2, -0.15) is 0 Å². The number of benzene rings is 1. The Morgan fingerprint density at radius 2 is 2.07 bits per heavy atom. The molecular formula is C21H26N4O3. The fraction of sp³-hybridized carbons (Fsp3) is 0.571. The lowest BCUT2D eigenvalue weighted by Gasteiger charge is -2.32. The summed E-state index contributed by atoms with van der Waals surface area (Å²) in [4.78, 5) is 41.0. The molecule has 1 aromatic rings. The summed E-state index contributed by atoms with van der Waals surface area (Å²) in [6.45, 7) is 2.92.